The predicted octanol–water partition coefficient (Wildman–Crippen LogP) is 12.1. The molecule has 0 aromatic heterocycles. The van der Waals surface area contributed by atoms with Crippen LogP contribution >= 0.6 is 0 Å². The summed E-state index contributed by atoms with van der Waals surface area (Å²) in [6, 6.07) is 0. The van der Waals surface area contributed by atoms with Gasteiger partial charge in [0, 0.05) is 100 Å². The van der Waals surface area contributed by atoms with Crippen molar-refractivity contribution in [3.05, 3.63) is 0 Å². The fraction of sp³-hybridized carbons (Fsp3) is 1.00. The number of hydrogen-bond donors (Lipinski definition) is 8. The van der Waals surface area contributed by atoms with E-state index in [-0.39, 0.29) is 146 Å². The minimum atomic E-state index is -0.0615. The first-order valence-corrected chi connectivity index (χ1v) is 38.4. The van der Waals surface area contributed by atoms with Gasteiger partial charge in [0.05, 0.1) is 98.2 Å². The molecule has 0 aromatic rings. The molecule has 0 amide bonds. The Bertz CT molecular complexity index is 1490. The van der Waals surface area contributed by atoms with Crippen LogP contribution in [0.4, 0.5) is 0 Å². The van der Waals surface area contributed by atoms with E-state index in [0.29, 0.717) is 0 Å². The molecule has 0 aromatic carbocycles. The Morgan fingerprint density at radius 1 is 0.182 bits per heavy atom. The van der Waals surface area contributed by atoms with Crippen LogP contribution in [0.3, 0.4) is 0 Å². The van der Waals surface area contributed by atoms with Gasteiger partial charge in [-0.15, -0.1) is 0 Å². The van der Waals surface area contributed by atoms with E-state index in [2.05, 4.69) is 97.9 Å². The third-order valence-corrected chi connectivity index (χ3v) is 22.7. The van der Waals surface area contributed by atoms with Crippen molar-refractivity contribution < 1.29 is 37.9 Å². The van der Waals surface area contributed by atoms with Gasteiger partial charge < -0.3 is 37.9 Å². The molecule has 9 aliphatic rings. The normalized spacial score (nSPS) is 39.5. The second kappa shape index (κ2) is 38.8. The second-order valence-corrected chi connectivity index (χ2v) is 29.0. The molecule has 0 radical (unpaired) electrons. The van der Waals surface area contributed by atoms with Crippen molar-refractivity contribution in [3.8, 4) is 0 Å². The summed E-state index contributed by atoms with van der Waals surface area (Å²) in [6.07, 6.45) is 35.8. The molecular formula is C72H136N8O8. The summed E-state index contributed by atoms with van der Waals surface area (Å²) < 4.78 is 58.2. The summed E-state index contributed by atoms with van der Waals surface area (Å²) >= 11 is 0. The second-order valence-electron chi connectivity index (χ2n) is 29.0. The average molecular weight is 1240 g/mol. The Morgan fingerprint density at radius 3 is 0.398 bits per heavy atom. The fourth-order valence-electron chi connectivity index (χ4n) is 18.3. The van der Waals surface area contributed by atoms with Crippen LogP contribution < -0.4 is 42.5 Å². The van der Waals surface area contributed by atoms with Gasteiger partial charge in [-0.3, -0.25) is 42.5 Å². The van der Waals surface area contributed by atoms with Gasteiger partial charge in [0.25, 0.3) is 0 Å². The molecule has 5 saturated heterocycles. The highest BCUT2D eigenvalue weighted by molar-refractivity contribution is 5.15. The molecule has 9 rings (SSSR count). The number of hydrogen-bond acceptors (Lipinski definition) is 16. The first-order valence-electron chi connectivity index (χ1n) is 38.4. The number of ether oxygens (including phenoxy) is 8. The van der Waals surface area contributed by atoms with E-state index in [9.17, 15) is 0 Å². The Hall–Kier alpha value is -0.640. The molecule has 4 saturated carbocycles. The van der Waals surface area contributed by atoms with E-state index in [1.165, 1.54) is 103 Å². The monoisotopic (exact) mass is 1240 g/mol. The summed E-state index contributed by atoms with van der Waals surface area (Å²) in [7, 11) is 0. The lowest BCUT2D eigenvalue weighted by molar-refractivity contribution is -0.116. The van der Waals surface area contributed by atoms with Crippen LogP contribution in [0.2, 0.25) is 0 Å². The van der Waals surface area contributed by atoms with E-state index >= 15 is 0 Å². The zero-order valence-electron chi connectivity index (χ0n) is 57.4. The number of rotatable bonds is 40. The Labute approximate surface area is 537 Å². The van der Waals surface area contributed by atoms with Gasteiger partial charge in [-0.05, 0) is 103 Å². The molecule has 5 heterocycles. The van der Waals surface area contributed by atoms with Crippen molar-refractivity contribution in [3.63, 3.8) is 0 Å². The fourth-order valence-corrected chi connectivity index (χ4v) is 18.3. The lowest BCUT2D eigenvalue weighted by Crippen LogP contribution is -2.62. The quantitative estimate of drug-likeness (QED) is 0.0273. The Kier molecular flexibility index (Phi) is 31.6. The first kappa shape index (κ1) is 71.6. The van der Waals surface area contributed by atoms with Gasteiger partial charge in [-0.2, -0.15) is 0 Å². The first-order chi connectivity index (χ1) is 43.4. The van der Waals surface area contributed by atoms with Crippen LogP contribution in [0.15, 0.2) is 0 Å². The van der Waals surface area contributed by atoms with Crippen LogP contribution in [-0.2, 0) is 37.9 Å². The molecule has 88 heavy (non-hydrogen) atoms. The Morgan fingerprint density at radius 2 is 0.295 bits per heavy atom. The van der Waals surface area contributed by atoms with Gasteiger partial charge in [0.15, 0.2) is 0 Å². The molecule has 4 aliphatic carbocycles. The molecule has 512 valence electrons. The smallest absolute Gasteiger partial charge is 0.0654 e. The third kappa shape index (κ3) is 18.9. The summed E-state index contributed by atoms with van der Waals surface area (Å²) in [5, 5.41) is 35.9. The molecule has 16 unspecified atom stereocenters. The van der Waals surface area contributed by atoms with E-state index in [4.69, 9.17) is 37.9 Å². The molecule has 9 fully saturated rings. The minimum absolute atomic E-state index is 0.0615. The van der Waals surface area contributed by atoms with Crippen molar-refractivity contribution in [2.45, 2.75) is 359 Å². The van der Waals surface area contributed by atoms with E-state index in [1.54, 1.807) is 0 Å². The molecule has 16 heteroatoms. The topological polar surface area (TPSA) is 170 Å². The third-order valence-electron chi connectivity index (χ3n) is 22.7. The molecule has 8 bridgehead atoms. The maximum Gasteiger partial charge on any atom is 0.0654 e. The summed E-state index contributed by atoms with van der Waals surface area (Å²) in [6.45, 7) is 24.8. The van der Waals surface area contributed by atoms with Crippen LogP contribution in [0.1, 0.15) is 261 Å². The van der Waals surface area contributed by atoms with E-state index in [0.717, 1.165) is 156 Å². The van der Waals surface area contributed by atoms with E-state index < -0.39 is 0 Å². The highest BCUT2D eigenvalue weighted by atomic mass is 16.5. The zero-order chi connectivity index (χ0) is 61.5. The van der Waals surface area contributed by atoms with Crippen molar-refractivity contribution in [1.82, 2.24) is 42.5 Å². The summed E-state index contributed by atoms with van der Waals surface area (Å²) in [4.78, 5) is 0. The molecule has 16 nitrogen and oxygen atoms in total. The molecule has 0 spiro atoms. The van der Waals surface area contributed by atoms with Crippen LogP contribution in [0.25, 0.3) is 0 Å². The van der Waals surface area contributed by atoms with Gasteiger partial charge in [-0.1, -0.05) is 158 Å². The lowest BCUT2D eigenvalue weighted by Gasteiger charge is -2.45. The van der Waals surface area contributed by atoms with Gasteiger partial charge in [0.2, 0.25) is 0 Å². The van der Waals surface area contributed by atoms with Crippen molar-refractivity contribution >= 4 is 0 Å². The number of unbranched alkanes of at least 4 members (excludes halogenated alkanes) is 16. The highest BCUT2D eigenvalue weighted by Crippen LogP contribution is 2.50. The van der Waals surface area contributed by atoms with Gasteiger partial charge in [0.1, 0.15) is 0 Å². The predicted molar refractivity (Wildman–Crippen MR) is 354 cm³/mol. The molecular weight excluding hydrogens is 1100 g/mol. The van der Waals surface area contributed by atoms with Gasteiger partial charge >= 0.3 is 0 Å². The zero-order valence-corrected chi connectivity index (χ0v) is 57.4. The van der Waals surface area contributed by atoms with Crippen LogP contribution in [0, 0.1) is 47.3 Å². The molecule has 8 N–H and O–H groups in total. The summed E-state index contributed by atoms with van der Waals surface area (Å²) in [5.74, 6) is 1.29. The maximum atomic E-state index is 7.27. The number of nitrogens with one attached hydrogen (secondary N) is 8. The van der Waals surface area contributed by atoms with Crippen molar-refractivity contribution in [1.29, 1.82) is 0 Å². The Balaban J connectivity index is 1.17. The van der Waals surface area contributed by atoms with Crippen LogP contribution in [-0.4, -0.2) is 151 Å². The lowest BCUT2D eigenvalue weighted by atomic mass is 9.72. The number of fused-ring (bicyclic) bond motifs is 20. The average Bonchev–Trinajstić information content (AvgIpc) is 1.73. The van der Waals surface area contributed by atoms with Crippen molar-refractivity contribution in [2.24, 2.45) is 47.3 Å². The van der Waals surface area contributed by atoms with E-state index in [1.807, 2.05) is 0 Å². The minimum Gasteiger partial charge on any atom is -0.378 e. The van der Waals surface area contributed by atoms with Crippen molar-refractivity contribution in [2.75, 3.05) is 52.9 Å². The largest absolute Gasteiger partial charge is 0.378 e. The summed E-state index contributed by atoms with van der Waals surface area (Å²) in [5.41, 5.74) is 0. The molecule has 5 aliphatic heterocycles. The molecule has 16 atom stereocenters. The maximum absolute atomic E-state index is 7.27. The highest BCUT2D eigenvalue weighted by Gasteiger charge is 2.63. The standard InChI is InChI=1S/C72H136N8O8/c1-9-17-25-41-81-49-33-34-50(82-42-26-18-10-2)58-57(49)65-73-66(58)78-68-61-53(85-45-29-21-13-5)37-38-54(86-46-30-22-14-6)62(61)70(75-68)80-72-64-56(88-48-32-24-16-8)40-39-55(87-47-31-23-15-7)63(64)71(76-72)79-69-60-52(84-44-28-20-12-4)36-35-51(83-43-27-19-11-3)59(60)67(74-69)77-65/h49-80H,9-48H2,1-8H3. The van der Waals surface area contributed by atoms with Crippen LogP contribution in [0.5, 0.6) is 0 Å². The SMILES string of the molecule is CCCCCOC1CCC(OCCCCC)C2C3NC(NC4NC(NC5NC(NC6NC(N3)C3C(OCCCCC)CCC(OCCCCC)C63)C3C(OCCCCC)CCC(OCCCCC)C53)C3C(OCCCCC)CCC(OCCCCC)C43)C12. The van der Waals surface area contributed by atoms with Gasteiger partial charge in [-0.25, -0.2) is 0 Å².